The Morgan fingerprint density at radius 3 is 2.18 bits per heavy atom. The highest BCUT2D eigenvalue weighted by molar-refractivity contribution is 5.83. The molecule has 0 saturated heterocycles. The van der Waals surface area contributed by atoms with Crippen molar-refractivity contribution in [3.05, 3.63) is 70.8 Å². The van der Waals surface area contributed by atoms with Crippen LogP contribution in [0.1, 0.15) is 63.6 Å². The lowest BCUT2D eigenvalue weighted by molar-refractivity contribution is 0.154. The molecule has 0 unspecified atom stereocenters. The number of allylic oxidation sites excluding steroid dienone is 1. The monoisotopic (exact) mass is 378 g/mol. The molecule has 1 N–H and O–H groups in total. The van der Waals surface area contributed by atoms with Crippen LogP contribution in [0.15, 0.2) is 54.1 Å². The molecule has 0 spiro atoms. The van der Waals surface area contributed by atoms with Gasteiger partial charge in [0, 0.05) is 0 Å². The highest BCUT2D eigenvalue weighted by atomic mass is 16.5. The first-order valence-corrected chi connectivity index (χ1v) is 10.3. The Balaban J connectivity index is 2.17. The van der Waals surface area contributed by atoms with Crippen molar-refractivity contribution in [1.82, 2.24) is 0 Å². The second-order valence-electron chi connectivity index (χ2n) is 9.76. The number of aliphatic hydroxyl groups is 1. The Labute approximate surface area is 170 Å². The molecule has 0 amide bonds. The van der Waals surface area contributed by atoms with Crippen LogP contribution in [0.25, 0.3) is 5.57 Å². The third-order valence-corrected chi connectivity index (χ3v) is 5.58. The van der Waals surface area contributed by atoms with E-state index in [-0.39, 0.29) is 17.4 Å². The first-order valence-electron chi connectivity index (χ1n) is 10.3. The van der Waals surface area contributed by atoms with E-state index in [4.69, 9.17) is 9.84 Å². The third kappa shape index (κ3) is 4.86. The van der Waals surface area contributed by atoms with Gasteiger partial charge in [-0.05, 0) is 65.3 Å². The van der Waals surface area contributed by atoms with Crippen molar-refractivity contribution in [1.29, 1.82) is 0 Å². The molecular formula is C26H34O2. The molecule has 0 atom stereocenters. The molecule has 150 valence electrons. The van der Waals surface area contributed by atoms with Gasteiger partial charge in [-0.1, -0.05) is 75.7 Å². The quantitative estimate of drug-likeness (QED) is 0.652. The number of ether oxygens (including phenoxy) is 1. The van der Waals surface area contributed by atoms with Crippen LogP contribution in [0.5, 0.6) is 5.75 Å². The number of hydrogen-bond acceptors (Lipinski definition) is 2. The van der Waals surface area contributed by atoms with Gasteiger partial charge < -0.3 is 9.84 Å². The molecule has 2 heteroatoms. The fraction of sp³-hybridized carbons (Fsp3) is 0.462. The molecule has 1 saturated carbocycles. The second kappa shape index (κ2) is 8.13. The van der Waals surface area contributed by atoms with Crippen LogP contribution >= 0.6 is 0 Å². The maximum absolute atomic E-state index is 9.16. The molecular weight excluding hydrogens is 344 g/mol. The topological polar surface area (TPSA) is 29.5 Å². The molecule has 1 aliphatic rings. The molecule has 0 aliphatic heterocycles. The van der Waals surface area contributed by atoms with E-state index in [1.165, 1.54) is 28.7 Å². The fourth-order valence-electron chi connectivity index (χ4n) is 5.06. The molecule has 28 heavy (non-hydrogen) atoms. The van der Waals surface area contributed by atoms with Crippen molar-refractivity contribution in [3.8, 4) is 5.75 Å². The average molecular weight is 379 g/mol. The van der Waals surface area contributed by atoms with Gasteiger partial charge in [0.1, 0.15) is 12.4 Å². The van der Waals surface area contributed by atoms with E-state index in [0.717, 1.165) is 24.2 Å². The van der Waals surface area contributed by atoms with Crippen molar-refractivity contribution in [3.63, 3.8) is 0 Å². The molecule has 2 aromatic rings. The highest BCUT2D eigenvalue weighted by Crippen LogP contribution is 2.51. The highest BCUT2D eigenvalue weighted by Gasteiger charge is 2.37. The number of rotatable bonds is 5. The van der Waals surface area contributed by atoms with Crippen LogP contribution in [0.3, 0.4) is 0 Å². The first kappa shape index (κ1) is 20.7. The SMILES string of the molecule is Cc1ccc(C(=C2CC(C)(C)CC(C)(C)C2)c2ccccc2)cc1OCCO. The second-order valence-corrected chi connectivity index (χ2v) is 9.76. The molecule has 0 radical (unpaired) electrons. The normalized spacial score (nSPS) is 18.0. The van der Waals surface area contributed by atoms with Gasteiger partial charge in [0.05, 0.1) is 6.61 Å². The molecule has 1 aliphatic carbocycles. The van der Waals surface area contributed by atoms with Gasteiger partial charge in [0.2, 0.25) is 0 Å². The van der Waals surface area contributed by atoms with E-state index < -0.39 is 0 Å². The molecule has 3 rings (SSSR count). The average Bonchev–Trinajstić information content (AvgIpc) is 2.60. The van der Waals surface area contributed by atoms with E-state index in [1.807, 2.05) is 0 Å². The van der Waals surface area contributed by atoms with Gasteiger partial charge in [0.15, 0.2) is 0 Å². The van der Waals surface area contributed by atoms with E-state index in [2.05, 4.69) is 83.1 Å². The van der Waals surface area contributed by atoms with E-state index >= 15 is 0 Å². The molecule has 1 fully saturated rings. The van der Waals surface area contributed by atoms with Gasteiger partial charge in [-0.2, -0.15) is 0 Å². The minimum Gasteiger partial charge on any atom is -0.491 e. The Bertz CT molecular complexity index is 826. The zero-order valence-electron chi connectivity index (χ0n) is 18.0. The summed E-state index contributed by atoms with van der Waals surface area (Å²) in [5, 5.41) is 9.16. The summed E-state index contributed by atoms with van der Waals surface area (Å²) in [5.41, 5.74) is 7.02. The van der Waals surface area contributed by atoms with Crippen molar-refractivity contribution >= 4 is 5.57 Å². The Kier molecular flexibility index (Phi) is 6.00. The van der Waals surface area contributed by atoms with Crippen LogP contribution in [0, 0.1) is 17.8 Å². The molecule has 2 aromatic carbocycles. The Morgan fingerprint density at radius 1 is 0.929 bits per heavy atom. The molecule has 0 bridgehead atoms. The van der Waals surface area contributed by atoms with Crippen molar-refractivity contribution in [2.75, 3.05) is 13.2 Å². The molecule has 0 aromatic heterocycles. The lowest BCUT2D eigenvalue weighted by Crippen LogP contribution is -2.30. The fourth-order valence-corrected chi connectivity index (χ4v) is 5.06. The zero-order chi connectivity index (χ0) is 20.4. The minimum absolute atomic E-state index is 0.0265. The van der Waals surface area contributed by atoms with Gasteiger partial charge in [-0.25, -0.2) is 0 Å². The maximum atomic E-state index is 9.16. The smallest absolute Gasteiger partial charge is 0.122 e. The lowest BCUT2D eigenvalue weighted by atomic mass is 9.62. The van der Waals surface area contributed by atoms with E-state index in [1.54, 1.807) is 0 Å². The van der Waals surface area contributed by atoms with Crippen molar-refractivity contribution in [2.45, 2.75) is 53.9 Å². The van der Waals surface area contributed by atoms with Gasteiger partial charge >= 0.3 is 0 Å². The van der Waals surface area contributed by atoms with Crippen LogP contribution < -0.4 is 4.74 Å². The summed E-state index contributed by atoms with van der Waals surface area (Å²) in [6, 6.07) is 17.2. The molecule has 0 heterocycles. The minimum atomic E-state index is 0.0265. The molecule has 2 nitrogen and oxygen atoms in total. The van der Waals surface area contributed by atoms with Crippen LogP contribution in [-0.2, 0) is 0 Å². The van der Waals surface area contributed by atoms with Crippen LogP contribution in [0.2, 0.25) is 0 Å². The largest absolute Gasteiger partial charge is 0.491 e. The summed E-state index contributed by atoms with van der Waals surface area (Å²) in [7, 11) is 0. The van der Waals surface area contributed by atoms with E-state index in [9.17, 15) is 0 Å². The number of aryl methyl sites for hydroxylation is 1. The van der Waals surface area contributed by atoms with E-state index in [0.29, 0.717) is 6.61 Å². The van der Waals surface area contributed by atoms with Gasteiger partial charge in [-0.15, -0.1) is 0 Å². The number of hydrogen-bond donors (Lipinski definition) is 1. The summed E-state index contributed by atoms with van der Waals surface area (Å²) in [4.78, 5) is 0. The summed E-state index contributed by atoms with van der Waals surface area (Å²) < 4.78 is 5.81. The van der Waals surface area contributed by atoms with Crippen molar-refractivity contribution in [2.24, 2.45) is 10.8 Å². The maximum Gasteiger partial charge on any atom is 0.122 e. The van der Waals surface area contributed by atoms with Crippen molar-refractivity contribution < 1.29 is 9.84 Å². The summed E-state index contributed by atoms with van der Waals surface area (Å²) in [6.07, 6.45) is 3.47. The Morgan fingerprint density at radius 2 is 1.57 bits per heavy atom. The van der Waals surface area contributed by atoms with Crippen LogP contribution in [0.4, 0.5) is 0 Å². The number of aliphatic hydroxyl groups excluding tert-OH is 1. The lowest BCUT2D eigenvalue weighted by Gasteiger charge is -2.43. The zero-order valence-corrected chi connectivity index (χ0v) is 18.0. The standard InChI is InChI=1S/C26H34O2/c1-19-11-12-21(15-23(19)28-14-13-27)24(20-9-7-6-8-10-20)22-16-25(2,3)18-26(4,5)17-22/h6-12,15,27H,13-14,16-18H2,1-5H3. The summed E-state index contributed by atoms with van der Waals surface area (Å²) >= 11 is 0. The summed E-state index contributed by atoms with van der Waals surface area (Å²) in [5.74, 6) is 0.856. The predicted molar refractivity (Wildman–Crippen MR) is 118 cm³/mol. The Hall–Kier alpha value is -2.06. The third-order valence-electron chi connectivity index (χ3n) is 5.58. The van der Waals surface area contributed by atoms with Gasteiger partial charge in [0.25, 0.3) is 0 Å². The summed E-state index contributed by atoms with van der Waals surface area (Å²) in [6.45, 7) is 12.0. The predicted octanol–water partition coefficient (Wildman–Crippen LogP) is 6.40. The number of benzene rings is 2. The van der Waals surface area contributed by atoms with Crippen LogP contribution in [-0.4, -0.2) is 18.3 Å². The first-order chi connectivity index (χ1) is 13.2. The van der Waals surface area contributed by atoms with Gasteiger partial charge in [-0.3, -0.25) is 0 Å².